The van der Waals surface area contributed by atoms with Crippen molar-refractivity contribution in [3.05, 3.63) is 89.4 Å². The second-order valence-corrected chi connectivity index (χ2v) is 8.32. The lowest BCUT2D eigenvalue weighted by Gasteiger charge is -2.16. The number of halogens is 1. The predicted molar refractivity (Wildman–Crippen MR) is 142 cm³/mol. The lowest BCUT2D eigenvalue weighted by Crippen LogP contribution is -2.31. The number of carbonyl (C=O) groups is 1. The number of hydrogen-bond donors (Lipinski definition) is 0. The second kappa shape index (κ2) is 11.2. The van der Waals surface area contributed by atoms with Gasteiger partial charge in [0.1, 0.15) is 23.9 Å². The number of benzene rings is 3. The molecular weight excluding hydrogens is 479 g/mol. The van der Waals surface area contributed by atoms with E-state index in [0.717, 1.165) is 11.3 Å². The Balaban J connectivity index is 1.57. The Morgan fingerprint density at radius 1 is 0.917 bits per heavy atom. The van der Waals surface area contributed by atoms with Gasteiger partial charge >= 0.3 is 0 Å². The van der Waals surface area contributed by atoms with Gasteiger partial charge in [-0.3, -0.25) is 9.69 Å². The highest BCUT2D eigenvalue weighted by Gasteiger charge is 2.36. The van der Waals surface area contributed by atoms with Crippen LogP contribution in [-0.4, -0.2) is 36.2 Å². The van der Waals surface area contributed by atoms with Crippen LogP contribution in [0.5, 0.6) is 17.2 Å². The number of hydrogen-bond acceptors (Lipinski definition) is 5. The van der Waals surface area contributed by atoms with Crippen molar-refractivity contribution >= 4 is 35.0 Å². The summed E-state index contributed by atoms with van der Waals surface area (Å²) >= 11 is 5.56. The fourth-order valence-electron chi connectivity index (χ4n) is 3.77. The molecule has 0 unspecified atom stereocenters. The molecule has 1 heterocycles. The van der Waals surface area contributed by atoms with Gasteiger partial charge in [0.05, 0.1) is 18.9 Å². The van der Waals surface area contributed by atoms with E-state index in [0.29, 0.717) is 46.8 Å². The van der Waals surface area contributed by atoms with E-state index in [4.69, 9.17) is 26.4 Å². The molecule has 0 saturated carbocycles. The third-order valence-corrected chi connectivity index (χ3v) is 6.04. The van der Waals surface area contributed by atoms with Crippen LogP contribution < -0.4 is 19.1 Å². The van der Waals surface area contributed by atoms with Crippen molar-refractivity contribution in [1.29, 1.82) is 0 Å². The topological polar surface area (TPSA) is 51.2 Å². The summed E-state index contributed by atoms with van der Waals surface area (Å²) in [6.45, 7) is 4.84. The molecule has 1 fully saturated rings. The van der Waals surface area contributed by atoms with E-state index < -0.39 is 0 Å². The van der Waals surface area contributed by atoms with Crippen LogP contribution in [0.2, 0.25) is 0 Å². The van der Waals surface area contributed by atoms with Crippen molar-refractivity contribution in [2.45, 2.75) is 20.5 Å². The van der Waals surface area contributed by atoms with Crippen molar-refractivity contribution in [3.63, 3.8) is 0 Å². The van der Waals surface area contributed by atoms with Crippen LogP contribution in [-0.2, 0) is 11.4 Å². The quantitative estimate of drug-likeness (QED) is 0.270. The molecule has 6 nitrogen and oxygen atoms in total. The molecule has 0 N–H and O–H groups in total. The van der Waals surface area contributed by atoms with Crippen molar-refractivity contribution in [1.82, 2.24) is 4.90 Å². The summed E-state index contributed by atoms with van der Waals surface area (Å²) in [4.78, 5) is 16.5. The third-order valence-electron chi connectivity index (χ3n) is 5.58. The first-order chi connectivity index (χ1) is 17.4. The van der Waals surface area contributed by atoms with E-state index in [2.05, 4.69) is 0 Å². The highest BCUT2D eigenvalue weighted by molar-refractivity contribution is 7.80. The molecule has 0 atom stereocenters. The molecule has 36 heavy (non-hydrogen) atoms. The van der Waals surface area contributed by atoms with Gasteiger partial charge < -0.3 is 19.1 Å². The highest BCUT2D eigenvalue weighted by atomic mass is 32.1. The molecule has 1 aliphatic rings. The Morgan fingerprint density at radius 2 is 1.64 bits per heavy atom. The highest BCUT2D eigenvalue weighted by Crippen LogP contribution is 2.33. The summed E-state index contributed by atoms with van der Waals surface area (Å²) in [6, 6.07) is 19.1. The average molecular weight is 507 g/mol. The van der Waals surface area contributed by atoms with E-state index in [1.54, 1.807) is 60.5 Å². The third kappa shape index (κ3) is 5.33. The first-order valence-corrected chi connectivity index (χ1v) is 12.0. The van der Waals surface area contributed by atoms with E-state index in [9.17, 15) is 9.18 Å². The van der Waals surface area contributed by atoms with E-state index >= 15 is 0 Å². The van der Waals surface area contributed by atoms with Gasteiger partial charge in [0, 0.05) is 12.6 Å². The number of rotatable bonds is 9. The Morgan fingerprint density at radius 3 is 2.33 bits per heavy atom. The molecule has 1 saturated heterocycles. The SMILES string of the molecule is CCOc1ccc(N2C(=O)/C(=C/c3ccc(OCc4ccccc4F)c(OCC)c3)N(C)C2=S)cc1. The summed E-state index contributed by atoms with van der Waals surface area (Å²) in [6.07, 6.45) is 1.76. The zero-order chi connectivity index (χ0) is 25.7. The van der Waals surface area contributed by atoms with Crippen molar-refractivity contribution in [2.24, 2.45) is 0 Å². The van der Waals surface area contributed by atoms with Crippen LogP contribution in [0.4, 0.5) is 10.1 Å². The van der Waals surface area contributed by atoms with Gasteiger partial charge in [-0.15, -0.1) is 0 Å². The van der Waals surface area contributed by atoms with Crippen LogP contribution in [0, 0.1) is 5.82 Å². The first-order valence-electron chi connectivity index (χ1n) is 11.6. The Bertz CT molecular complexity index is 1290. The fraction of sp³-hybridized carbons (Fsp3) is 0.214. The summed E-state index contributed by atoms with van der Waals surface area (Å²) < 4.78 is 31.1. The molecule has 8 heteroatoms. The van der Waals surface area contributed by atoms with Crippen LogP contribution in [0.15, 0.2) is 72.4 Å². The maximum atomic E-state index is 14.0. The molecule has 1 amide bonds. The summed E-state index contributed by atoms with van der Waals surface area (Å²) in [7, 11) is 1.76. The molecule has 0 aliphatic carbocycles. The van der Waals surface area contributed by atoms with Gasteiger partial charge in [-0.25, -0.2) is 4.39 Å². The van der Waals surface area contributed by atoms with Crippen molar-refractivity contribution in [3.8, 4) is 17.2 Å². The van der Waals surface area contributed by atoms with E-state index in [1.807, 2.05) is 32.0 Å². The van der Waals surface area contributed by atoms with Crippen LogP contribution >= 0.6 is 12.2 Å². The number of anilines is 1. The molecule has 0 aromatic heterocycles. The molecular formula is C28H27FN2O4S. The summed E-state index contributed by atoms with van der Waals surface area (Å²) in [5, 5.41) is 0.380. The normalized spacial score (nSPS) is 14.5. The van der Waals surface area contributed by atoms with Crippen molar-refractivity contribution < 1.29 is 23.4 Å². The Hall–Kier alpha value is -3.91. The Kier molecular flexibility index (Phi) is 7.85. The zero-order valence-electron chi connectivity index (χ0n) is 20.4. The van der Waals surface area contributed by atoms with E-state index in [-0.39, 0.29) is 18.3 Å². The smallest absolute Gasteiger partial charge is 0.281 e. The number of ether oxygens (including phenoxy) is 3. The second-order valence-electron chi connectivity index (χ2n) is 7.96. The zero-order valence-corrected chi connectivity index (χ0v) is 21.2. The summed E-state index contributed by atoms with van der Waals surface area (Å²) in [5.41, 5.74) is 2.28. The van der Waals surface area contributed by atoms with Crippen LogP contribution in [0.1, 0.15) is 25.0 Å². The minimum Gasteiger partial charge on any atom is -0.494 e. The minimum atomic E-state index is -0.326. The molecule has 186 valence electrons. The van der Waals surface area contributed by atoms with Gasteiger partial charge in [-0.2, -0.15) is 0 Å². The minimum absolute atomic E-state index is 0.0692. The maximum absolute atomic E-state index is 14.0. The van der Waals surface area contributed by atoms with Crippen LogP contribution in [0.3, 0.4) is 0 Å². The molecule has 3 aromatic carbocycles. The molecule has 0 bridgehead atoms. The Labute approximate surface area is 215 Å². The van der Waals surface area contributed by atoms with E-state index in [1.165, 1.54) is 11.0 Å². The lowest BCUT2D eigenvalue weighted by atomic mass is 10.1. The molecule has 0 spiro atoms. The largest absolute Gasteiger partial charge is 0.494 e. The number of likely N-dealkylation sites (N-methyl/N-ethyl adjacent to an activating group) is 1. The monoisotopic (exact) mass is 506 g/mol. The number of nitrogens with zero attached hydrogens (tertiary/aromatic N) is 2. The fourth-order valence-corrected chi connectivity index (χ4v) is 4.06. The van der Waals surface area contributed by atoms with Gasteiger partial charge in [-0.1, -0.05) is 24.3 Å². The summed E-state index contributed by atoms with van der Waals surface area (Å²) in [5.74, 6) is 1.16. The first kappa shape index (κ1) is 25.2. The van der Waals surface area contributed by atoms with Gasteiger partial charge in [0.15, 0.2) is 16.6 Å². The molecule has 1 aliphatic heterocycles. The van der Waals surface area contributed by atoms with Crippen molar-refractivity contribution in [2.75, 3.05) is 25.2 Å². The molecule has 0 radical (unpaired) electrons. The number of carbonyl (C=O) groups excluding carboxylic acids is 1. The van der Waals surface area contributed by atoms with Gasteiger partial charge in [0.25, 0.3) is 5.91 Å². The standard InChI is InChI=1S/C28H27FN2O4S/c1-4-33-22-13-11-21(12-14-22)31-27(32)24(30(3)28(31)36)16-19-10-15-25(26(17-19)34-5-2)35-18-20-8-6-7-9-23(20)29/h6-17H,4-5,18H2,1-3H3/b24-16-. The lowest BCUT2D eigenvalue weighted by molar-refractivity contribution is -0.114. The molecule has 4 rings (SSSR count). The van der Waals surface area contributed by atoms with Crippen LogP contribution in [0.25, 0.3) is 6.08 Å². The van der Waals surface area contributed by atoms with Gasteiger partial charge in [-0.05, 0) is 80.2 Å². The number of amides is 1. The predicted octanol–water partition coefficient (Wildman–Crippen LogP) is 5.81. The average Bonchev–Trinajstić information content (AvgIpc) is 3.08. The van der Waals surface area contributed by atoms with Gasteiger partial charge in [0.2, 0.25) is 0 Å². The molecule has 3 aromatic rings. The number of thiocarbonyl (C=S) groups is 1. The maximum Gasteiger partial charge on any atom is 0.281 e.